The Kier molecular flexibility index (Phi) is 6.40. The van der Waals surface area contributed by atoms with Crippen LogP contribution in [0.15, 0.2) is 36.4 Å². The molecule has 5 heteroatoms. The van der Waals surface area contributed by atoms with Crippen molar-refractivity contribution >= 4 is 12.0 Å². The van der Waals surface area contributed by atoms with Gasteiger partial charge in [-0.15, -0.1) is 0 Å². The monoisotopic (exact) mass is 289 g/mol. The predicted octanol–water partition coefficient (Wildman–Crippen LogP) is 0.383. The zero-order valence-corrected chi connectivity index (χ0v) is 12.2. The number of nitrogens with zero attached hydrogens (tertiary/aromatic N) is 2. The van der Waals surface area contributed by atoms with Crippen LogP contribution in [0.1, 0.15) is 5.56 Å². The van der Waals surface area contributed by atoms with Crippen LogP contribution in [-0.4, -0.2) is 66.8 Å². The van der Waals surface area contributed by atoms with Crippen molar-refractivity contribution in [3.63, 3.8) is 0 Å². The van der Waals surface area contributed by atoms with Crippen molar-refractivity contribution in [2.45, 2.75) is 0 Å². The minimum absolute atomic E-state index is 0.0726. The first-order chi connectivity index (χ1) is 10.3. The van der Waals surface area contributed by atoms with Gasteiger partial charge in [0.05, 0.1) is 13.3 Å². The van der Waals surface area contributed by atoms with E-state index in [9.17, 15) is 4.79 Å². The van der Waals surface area contributed by atoms with Crippen LogP contribution in [-0.2, 0) is 4.79 Å². The van der Waals surface area contributed by atoms with Crippen molar-refractivity contribution in [2.75, 3.05) is 46.0 Å². The Labute approximate surface area is 125 Å². The summed E-state index contributed by atoms with van der Waals surface area (Å²) < 4.78 is 0. The molecule has 1 aromatic rings. The van der Waals surface area contributed by atoms with Crippen molar-refractivity contribution in [2.24, 2.45) is 0 Å². The first kappa shape index (κ1) is 15.7. The minimum Gasteiger partial charge on any atom is -0.395 e. The Morgan fingerprint density at radius 3 is 2.48 bits per heavy atom. The Hall–Kier alpha value is -1.69. The summed E-state index contributed by atoms with van der Waals surface area (Å²) in [5, 5.41) is 11.8. The molecule has 1 aliphatic rings. The lowest BCUT2D eigenvalue weighted by atomic mass is 10.2. The lowest BCUT2D eigenvalue weighted by Crippen LogP contribution is -2.50. The number of carbonyl (C=O) groups excluding carboxylic acids is 1. The Morgan fingerprint density at radius 1 is 1.14 bits per heavy atom. The number of hydrogen-bond acceptors (Lipinski definition) is 4. The van der Waals surface area contributed by atoms with Gasteiger partial charge >= 0.3 is 0 Å². The molecule has 2 N–H and O–H groups in total. The first-order valence-electron chi connectivity index (χ1n) is 7.34. The van der Waals surface area contributed by atoms with E-state index in [-0.39, 0.29) is 12.5 Å². The summed E-state index contributed by atoms with van der Waals surface area (Å²) in [7, 11) is 0. The lowest BCUT2D eigenvalue weighted by molar-refractivity contribution is -0.117. The molecular weight excluding hydrogens is 266 g/mol. The number of hydrogen-bond donors (Lipinski definition) is 2. The van der Waals surface area contributed by atoms with E-state index >= 15 is 0 Å². The second kappa shape index (κ2) is 8.56. The molecule has 2 rings (SSSR count). The highest BCUT2D eigenvalue weighted by Gasteiger charge is 2.15. The summed E-state index contributed by atoms with van der Waals surface area (Å²) in [6, 6.07) is 9.77. The van der Waals surface area contributed by atoms with Gasteiger partial charge in [0.2, 0.25) is 5.91 Å². The number of amides is 1. The Bertz CT molecular complexity index is 454. The van der Waals surface area contributed by atoms with E-state index in [0.717, 1.165) is 38.3 Å². The summed E-state index contributed by atoms with van der Waals surface area (Å²) in [4.78, 5) is 16.2. The second-order valence-electron chi connectivity index (χ2n) is 5.13. The SMILES string of the molecule is O=C(/C=C/c1ccccc1)NCN1CCN(CCO)CC1. The molecule has 1 saturated heterocycles. The van der Waals surface area contributed by atoms with E-state index in [2.05, 4.69) is 15.1 Å². The highest BCUT2D eigenvalue weighted by atomic mass is 16.3. The molecule has 0 radical (unpaired) electrons. The topological polar surface area (TPSA) is 55.8 Å². The number of aliphatic hydroxyl groups excluding tert-OH is 1. The fourth-order valence-corrected chi connectivity index (χ4v) is 2.30. The molecule has 0 unspecified atom stereocenters. The fraction of sp³-hybridized carbons (Fsp3) is 0.438. The molecule has 0 bridgehead atoms. The van der Waals surface area contributed by atoms with Crippen LogP contribution in [0.25, 0.3) is 6.08 Å². The summed E-state index contributed by atoms with van der Waals surface area (Å²) >= 11 is 0. The van der Waals surface area contributed by atoms with Gasteiger partial charge in [0, 0.05) is 38.8 Å². The molecule has 1 aliphatic heterocycles. The highest BCUT2D eigenvalue weighted by molar-refractivity contribution is 5.91. The molecule has 0 spiro atoms. The van der Waals surface area contributed by atoms with Gasteiger partial charge in [0.1, 0.15) is 0 Å². The summed E-state index contributed by atoms with van der Waals surface area (Å²) in [5.74, 6) is -0.0726. The number of β-amino-alcohol motifs (C(OH)–C–C–N with tert-alkyl or cyclic N) is 1. The van der Waals surface area contributed by atoms with E-state index in [4.69, 9.17) is 5.11 Å². The number of nitrogens with one attached hydrogen (secondary N) is 1. The van der Waals surface area contributed by atoms with E-state index in [1.165, 1.54) is 0 Å². The molecule has 0 atom stereocenters. The summed E-state index contributed by atoms with van der Waals surface area (Å²) in [6.45, 7) is 5.24. The van der Waals surface area contributed by atoms with Crippen molar-refractivity contribution in [1.82, 2.24) is 15.1 Å². The van der Waals surface area contributed by atoms with Crippen LogP contribution < -0.4 is 5.32 Å². The maximum absolute atomic E-state index is 11.8. The van der Waals surface area contributed by atoms with Crippen molar-refractivity contribution in [3.8, 4) is 0 Å². The molecule has 21 heavy (non-hydrogen) atoms. The molecule has 1 amide bonds. The highest BCUT2D eigenvalue weighted by Crippen LogP contribution is 2.01. The van der Waals surface area contributed by atoms with Crippen LogP contribution in [0.5, 0.6) is 0 Å². The Balaban J connectivity index is 1.67. The van der Waals surface area contributed by atoms with Crippen molar-refractivity contribution < 1.29 is 9.90 Å². The molecule has 114 valence electrons. The lowest BCUT2D eigenvalue weighted by Gasteiger charge is -2.34. The molecule has 1 aromatic carbocycles. The third-order valence-electron chi connectivity index (χ3n) is 3.58. The maximum Gasteiger partial charge on any atom is 0.245 e. The van der Waals surface area contributed by atoms with E-state index in [1.54, 1.807) is 6.08 Å². The van der Waals surface area contributed by atoms with Crippen LogP contribution in [0.2, 0.25) is 0 Å². The predicted molar refractivity (Wildman–Crippen MR) is 83.6 cm³/mol. The van der Waals surface area contributed by atoms with Gasteiger partial charge < -0.3 is 10.4 Å². The summed E-state index contributed by atoms with van der Waals surface area (Å²) in [5.41, 5.74) is 1.02. The minimum atomic E-state index is -0.0726. The quantitative estimate of drug-likeness (QED) is 0.744. The number of piperazine rings is 1. The molecular formula is C16H23N3O2. The van der Waals surface area contributed by atoms with E-state index in [1.807, 2.05) is 36.4 Å². The Morgan fingerprint density at radius 2 is 1.81 bits per heavy atom. The fourth-order valence-electron chi connectivity index (χ4n) is 2.30. The molecule has 0 aliphatic carbocycles. The third-order valence-corrected chi connectivity index (χ3v) is 3.58. The van der Waals surface area contributed by atoms with Gasteiger partial charge in [0.25, 0.3) is 0 Å². The van der Waals surface area contributed by atoms with E-state index < -0.39 is 0 Å². The molecule has 1 fully saturated rings. The largest absolute Gasteiger partial charge is 0.395 e. The maximum atomic E-state index is 11.8. The zero-order valence-electron chi connectivity index (χ0n) is 12.2. The van der Waals surface area contributed by atoms with E-state index in [0.29, 0.717) is 6.67 Å². The first-order valence-corrected chi connectivity index (χ1v) is 7.34. The van der Waals surface area contributed by atoms with Crippen molar-refractivity contribution in [1.29, 1.82) is 0 Å². The van der Waals surface area contributed by atoms with Crippen LogP contribution in [0, 0.1) is 0 Å². The van der Waals surface area contributed by atoms with Gasteiger partial charge in [0.15, 0.2) is 0 Å². The smallest absolute Gasteiger partial charge is 0.245 e. The van der Waals surface area contributed by atoms with Crippen LogP contribution in [0.3, 0.4) is 0 Å². The number of carbonyl (C=O) groups is 1. The average Bonchev–Trinajstić information content (AvgIpc) is 2.53. The standard InChI is InChI=1S/C16H23N3O2/c20-13-12-18-8-10-19(11-9-18)14-17-16(21)7-6-15-4-2-1-3-5-15/h1-7,20H,8-14H2,(H,17,21)/b7-6+. The van der Waals surface area contributed by atoms with Gasteiger partial charge in [-0.3, -0.25) is 14.6 Å². The van der Waals surface area contributed by atoms with Gasteiger partial charge in [-0.1, -0.05) is 30.3 Å². The van der Waals surface area contributed by atoms with Gasteiger partial charge in [-0.2, -0.15) is 0 Å². The molecule has 1 heterocycles. The number of aliphatic hydroxyl groups is 1. The van der Waals surface area contributed by atoms with Gasteiger partial charge in [-0.25, -0.2) is 0 Å². The van der Waals surface area contributed by atoms with Gasteiger partial charge in [-0.05, 0) is 11.6 Å². The summed E-state index contributed by atoms with van der Waals surface area (Å²) in [6.07, 6.45) is 3.38. The molecule has 5 nitrogen and oxygen atoms in total. The number of rotatable bonds is 6. The normalized spacial score (nSPS) is 17.2. The molecule has 0 saturated carbocycles. The number of benzene rings is 1. The third kappa shape index (κ3) is 5.67. The van der Waals surface area contributed by atoms with Crippen molar-refractivity contribution in [3.05, 3.63) is 42.0 Å². The second-order valence-corrected chi connectivity index (χ2v) is 5.13. The van der Waals surface area contributed by atoms with Crippen LogP contribution in [0.4, 0.5) is 0 Å². The van der Waals surface area contributed by atoms with Crippen LogP contribution >= 0.6 is 0 Å². The molecule has 0 aromatic heterocycles. The zero-order chi connectivity index (χ0) is 14.9. The average molecular weight is 289 g/mol.